The lowest BCUT2D eigenvalue weighted by Crippen LogP contribution is -2.44. The van der Waals surface area contributed by atoms with Crippen LogP contribution in [-0.2, 0) is 19.1 Å². The molecule has 2 rings (SSSR count). The number of cyclic esters (lactones) is 1. The number of para-hydroxylation sites is 1. The van der Waals surface area contributed by atoms with Crippen molar-refractivity contribution in [3.63, 3.8) is 0 Å². The van der Waals surface area contributed by atoms with E-state index in [9.17, 15) is 14.4 Å². The third-order valence-corrected chi connectivity index (χ3v) is 3.73. The van der Waals surface area contributed by atoms with Gasteiger partial charge in [-0.05, 0) is 45.4 Å². The summed E-state index contributed by atoms with van der Waals surface area (Å²) in [6.07, 6.45) is 6.33. The molecular formula is C21H26N2O5. The molecule has 0 aromatic heterocycles. The van der Waals surface area contributed by atoms with E-state index in [1.54, 1.807) is 58.1 Å². The lowest BCUT2D eigenvalue weighted by Gasteiger charge is -2.22. The molecule has 2 amide bonds. The molecule has 1 aliphatic rings. The van der Waals surface area contributed by atoms with Gasteiger partial charge in [-0.3, -0.25) is 4.79 Å². The minimum absolute atomic E-state index is 0.339. The summed E-state index contributed by atoms with van der Waals surface area (Å²) in [4.78, 5) is 35.6. The van der Waals surface area contributed by atoms with Crippen molar-refractivity contribution < 1.29 is 23.9 Å². The largest absolute Gasteiger partial charge is 0.455 e. The Morgan fingerprint density at radius 2 is 2.00 bits per heavy atom. The van der Waals surface area contributed by atoms with Gasteiger partial charge in [-0.2, -0.15) is 0 Å². The highest BCUT2D eigenvalue weighted by Crippen LogP contribution is 2.19. The van der Waals surface area contributed by atoms with Gasteiger partial charge in [0.15, 0.2) is 0 Å². The fourth-order valence-corrected chi connectivity index (χ4v) is 2.41. The van der Waals surface area contributed by atoms with Gasteiger partial charge in [-0.15, -0.1) is 0 Å². The van der Waals surface area contributed by atoms with Crippen LogP contribution in [0.15, 0.2) is 42.5 Å². The molecule has 2 atom stereocenters. The molecule has 1 aromatic carbocycles. The van der Waals surface area contributed by atoms with Crippen molar-refractivity contribution in [2.45, 2.75) is 51.9 Å². The molecule has 0 radical (unpaired) electrons. The van der Waals surface area contributed by atoms with Crippen molar-refractivity contribution in [3.8, 4) is 0 Å². The Morgan fingerprint density at radius 3 is 2.68 bits per heavy atom. The van der Waals surface area contributed by atoms with E-state index < -0.39 is 17.7 Å². The van der Waals surface area contributed by atoms with Gasteiger partial charge in [0.25, 0.3) is 0 Å². The van der Waals surface area contributed by atoms with Crippen LogP contribution in [0.25, 0.3) is 6.08 Å². The molecule has 1 aromatic rings. The Labute approximate surface area is 164 Å². The molecule has 0 saturated carbocycles. The van der Waals surface area contributed by atoms with Crippen LogP contribution in [0.1, 0.15) is 39.7 Å². The van der Waals surface area contributed by atoms with Crippen LogP contribution in [-0.4, -0.2) is 35.7 Å². The summed E-state index contributed by atoms with van der Waals surface area (Å²) in [5.74, 6) is -0.747. The number of carbonyl (C=O) groups is 3. The van der Waals surface area contributed by atoms with Gasteiger partial charge < -0.3 is 20.1 Å². The predicted octanol–water partition coefficient (Wildman–Crippen LogP) is 3.42. The van der Waals surface area contributed by atoms with Gasteiger partial charge in [0.1, 0.15) is 17.7 Å². The number of amides is 2. The molecule has 0 spiro atoms. The van der Waals surface area contributed by atoms with E-state index in [-0.39, 0.29) is 18.0 Å². The lowest BCUT2D eigenvalue weighted by atomic mass is 10.1. The Balaban J connectivity index is 2.00. The summed E-state index contributed by atoms with van der Waals surface area (Å²) in [6.45, 7) is 6.82. The van der Waals surface area contributed by atoms with E-state index in [4.69, 9.17) is 9.47 Å². The highest BCUT2D eigenvalue weighted by molar-refractivity contribution is 5.97. The Kier molecular flexibility index (Phi) is 6.98. The minimum Gasteiger partial charge on any atom is -0.455 e. The molecule has 1 aliphatic heterocycles. The van der Waals surface area contributed by atoms with Crippen LogP contribution in [0.2, 0.25) is 0 Å². The number of benzene rings is 1. The molecule has 7 heteroatoms. The summed E-state index contributed by atoms with van der Waals surface area (Å²) < 4.78 is 10.3. The maximum atomic E-state index is 12.4. The predicted molar refractivity (Wildman–Crippen MR) is 107 cm³/mol. The first-order valence-corrected chi connectivity index (χ1v) is 9.09. The molecule has 7 nitrogen and oxygen atoms in total. The standard InChI is InChI=1S/C21H26N2O5/c1-14(22-20(26)28-21(2,3)4)19(25)23-17-10-6-5-8-15(17)12-13-16-9-7-11-18(24)27-16/h5-8,10-14,16H,9H2,1-4H3,(H,22,26)(H,23,25)/b13-12+/t14-,16+/m0/s1. The molecule has 0 aliphatic carbocycles. The average molecular weight is 386 g/mol. The fraction of sp³-hybridized carbons (Fsp3) is 0.381. The summed E-state index contributed by atoms with van der Waals surface area (Å²) in [5.41, 5.74) is 0.695. The van der Waals surface area contributed by atoms with Crippen molar-refractivity contribution >= 4 is 29.7 Å². The van der Waals surface area contributed by atoms with E-state index in [0.717, 1.165) is 5.56 Å². The SMILES string of the molecule is C[C@H](NC(=O)OC(C)(C)C)C(=O)Nc1ccccc1/C=C/[C@H]1CC=CC(=O)O1. The number of rotatable bonds is 5. The normalized spacial score (nSPS) is 17.7. The minimum atomic E-state index is -0.781. The van der Waals surface area contributed by atoms with E-state index >= 15 is 0 Å². The highest BCUT2D eigenvalue weighted by atomic mass is 16.6. The number of ether oxygens (including phenoxy) is 2. The van der Waals surface area contributed by atoms with Gasteiger partial charge >= 0.3 is 12.1 Å². The molecule has 2 N–H and O–H groups in total. The van der Waals surface area contributed by atoms with Gasteiger partial charge in [-0.25, -0.2) is 9.59 Å². The molecule has 0 bridgehead atoms. The number of carbonyl (C=O) groups excluding carboxylic acids is 3. The first-order valence-electron chi connectivity index (χ1n) is 9.09. The zero-order valence-electron chi connectivity index (χ0n) is 16.5. The lowest BCUT2D eigenvalue weighted by molar-refractivity contribution is -0.141. The topological polar surface area (TPSA) is 93.7 Å². The maximum absolute atomic E-state index is 12.4. The number of nitrogens with one attached hydrogen (secondary N) is 2. The van der Waals surface area contributed by atoms with Crippen LogP contribution in [0.3, 0.4) is 0 Å². The fourth-order valence-electron chi connectivity index (χ4n) is 2.41. The molecule has 0 fully saturated rings. The monoisotopic (exact) mass is 386 g/mol. The molecule has 1 heterocycles. The summed E-state index contributed by atoms with van der Waals surface area (Å²) in [5, 5.41) is 5.30. The number of hydrogen-bond acceptors (Lipinski definition) is 5. The Hall–Kier alpha value is -3.09. The number of alkyl carbamates (subject to hydrolysis) is 1. The number of hydrogen-bond donors (Lipinski definition) is 2. The van der Waals surface area contributed by atoms with Gasteiger partial charge in [0.2, 0.25) is 5.91 Å². The average Bonchev–Trinajstić information content (AvgIpc) is 2.59. The van der Waals surface area contributed by atoms with E-state index in [1.165, 1.54) is 6.08 Å². The molecule has 28 heavy (non-hydrogen) atoms. The molecule has 0 unspecified atom stereocenters. The van der Waals surface area contributed by atoms with Crippen LogP contribution < -0.4 is 10.6 Å². The first-order chi connectivity index (χ1) is 13.1. The second kappa shape index (κ2) is 9.21. The first kappa shape index (κ1) is 21.2. The second-order valence-corrected chi connectivity index (χ2v) is 7.42. The smallest absolute Gasteiger partial charge is 0.408 e. The Bertz CT molecular complexity index is 792. The summed E-state index contributed by atoms with van der Waals surface area (Å²) >= 11 is 0. The zero-order valence-corrected chi connectivity index (χ0v) is 16.5. The van der Waals surface area contributed by atoms with Crippen LogP contribution in [0.5, 0.6) is 0 Å². The quantitative estimate of drug-likeness (QED) is 0.756. The van der Waals surface area contributed by atoms with Gasteiger partial charge in [-0.1, -0.05) is 30.4 Å². The maximum Gasteiger partial charge on any atom is 0.408 e. The van der Waals surface area contributed by atoms with Gasteiger partial charge in [0, 0.05) is 18.2 Å². The molecule has 0 saturated heterocycles. The van der Waals surface area contributed by atoms with E-state index in [2.05, 4.69) is 10.6 Å². The molecular weight excluding hydrogens is 360 g/mol. The second-order valence-electron chi connectivity index (χ2n) is 7.42. The summed E-state index contributed by atoms with van der Waals surface area (Å²) in [7, 11) is 0. The van der Waals surface area contributed by atoms with E-state index in [1.807, 2.05) is 12.1 Å². The number of anilines is 1. The number of esters is 1. The third kappa shape index (κ3) is 6.90. The Morgan fingerprint density at radius 1 is 1.29 bits per heavy atom. The van der Waals surface area contributed by atoms with Crippen molar-refractivity contribution in [1.29, 1.82) is 0 Å². The van der Waals surface area contributed by atoms with Crippen molar-refractivity contribution in [2.24, 2.45) is 0 Å². The highest BCUT2D eigenvalue weighted by Gasteiger charge is 2.21. The summed E-state index contributed by atoms with van der Waals surface area (Å²) in [6, 6.07) is 6.44. The molecule has 150 valence electrons. The zero-order chi connectivity index (χ0) is 20.7. The van der Waals surface area contributed by atoms with Crippen LogP contribution >= 0.6 is 0 Å². The van der Waals surface area contributed by atoms with Crippen molar-refractivity contribution in [1.82, 2.24) is 5.32 Å². The van der Waals surface area contributed by atoms with Crippen molar-refractivity contribution in [3.05, 3.63) is 48.1 Å². The van der Waals surface area contributed by atoms with E-state index in [0.29, 0.717) is 12.1 Å². The van der Waals surface area contributed by atoms with Crippen LogP contribution in [0.4, 0.5) is 10.5 Å². The van der Waals surface area contributed by atoms with Gasteiger partial charge in [0.05, 0.1) is 0 Å². The van der Waals surface area contributed by atoms with Crippen LogP contribution in [0, 0.1) is 0 Å². The third-order valence-electron chi connectivity index (χ3n) is 3.73. The van der Waals surface area contributed by atoms with Crippen molar-refractivity contribution in [2.75, 3.05) is 5.32 Å².